The molecule has 1 aliphatic rings. The maximum absolute atomic E-state index is 15.2. The molecule has 1 saturated heterocycles. The molecule has 2 aromatic carbocycles. The van der Waals surface area contributed by atoms with Crippen LogP contribution in [0.4, 0.5) is 13.2 Å². The first kappa shape index (κ1) is 22.2. The Hall–Kier alpha value is -3.00. The van der Waals surface area contributed by atoms with Crippen LogP contribution in [0, 0.1) is 5.82 Å². The minimum atomic E-state index is -2.74. The monoisotopic (exact) mass is 445 g/mol. The van der Waals surface area contributed by atoms with Crippen LogP contribution in [-0.2, 0) is 19.6 Å². The van der Waals surface area contributed by atoms with Crippen molar-refractivity contribution in [2.24, 2.45) is 0 Å². The molecule has 0 saturated carbocycles. The molecular formula is C24H26F3N3O2. The maximum Gasteiger partial charge on any atom is 0.331 e. The SMILES string of the molecule is O=c1n(Cc2ccc(-c3cccc(CN4CCCCC4)c3F)cc2)cc(O)n1CC(F)F. The number of benzene rings is 2. The van der Waals surface area contributed by atoms with E-state index in [-0.39, 0.29) is 12.4 Å². The number of nitrogens with zero attached hydrogens (tertiary/aromatic N) is 3. The number of aromatic nitrogens is 2. The van der Waals surface area contributed by atoms with E-state index in [0.717, 1.165) is 43.3 Å². The molecule has 170 valence electrons. The van der Waals surface area contributed by atoms with E-state index in [9.17, 15) is 18.7 Å². The van der Waals surface area contributed by atoms with Gasteiger partial charge in [-0.15, -0.1) is 0 Å². The van der Waals surface area contributed by atoms with E-state index in [1.165, 1.54) is 11.0 Å². The van der Waals surface area contributed by atoms with Crippen LogP contribution in [0.5, 0.6) is 5.88 Å². The number of aromatic hydroxyl groups is 1. The smallest absolute Gasteiger partial charge is 0.331 e. The summed E-state index contributed by atoms with van der Waals surface area (Å²) in [6.45, 7) is 1.84. The highest BCUT2D eigenvalue weighted by Crippen LogP contribution is 2.27. The largest absolute Gasteiger partial charge is 0.493 e. The Balaban J connectivity index is 1.51. The molecule has 0 spiro atoms. The molecule has 0 bridgehead atoms. The van der Waals surface area contributed by atoms with Crippen LogP contribution >= 0.6 is 0 Å². The van der Waals surface area contributed by atoms with Crippen LogP contribution in [0.3, 0.4) is 0 Å². The molecule has 3 aromatic rings. The van der Waals surface area contributed by atoms with Gasteiger partial charge in [0, 0.05) is 17.7 Å². The average Bonchev–Trinajstić information content (AvgIpc) is 3.03. The number of alkyl halides is 2. The van der Waals surface area contributed by atoms with Gasteiger partial charge in [0.05, 0.1) is 19.3 Å². The molecule has 0 aliphatic carbocycles. The van der Waals surface area contributed by atoms with Crippen molar-refractivity contribution in [3.8, 4) is 17.0 Å². The van der Waals surface area contributed by atoms with Gasteiger partial charge in [0.25, 0.3) is 6.43 Å². The molecular weight excluding hydrogens is 419 g/mol. The van der Waals surface area contributed by atoms with Crippen molar-refractivity contribution in [2.45, 2.75) is 45.3 Å². The highest BCUT2D eigenvalue weighted by Gasteiger charge is 2.17. The van der Waals surface area contributed by atoms with E-state index in [2.05, 4.69) is 4.90 Å². The Bertz CT molecular complexity index is 1120. The van der Waals surface area contributed by atoms with Crippen LogP contribution in [0.25, 0.3) is 11.1 Å². The molecule has 2 heterocycles. The van der Waals surface area contributed by atoms with Gasteiger partial charge in [-0.2, -0.15) is 0 Å². The third-order valence-electron chi connectivity index (χ3n) is 5.88. The Morgan fingerprint density at radius 1 is 0.969 bits per heavy atom. The summed E-state index contributed by atoms with van der Waals surface area (Å²) in [6.07, 6.45) is 1.93. The summed E-state index contributed by atoms with van der Waals surface area (Å²) in [5.74, 6) is -0.726. The van der Waals surface area contributed by atoms with Gasteiger partial charge in [-0.25, -0.2) is 18.0 Å². The van der Waals surface area contributed by atoms with Crippen molar-refractivity contribution in [1.29, 1.82) is 0 Å². The third kappa shape index (κ3) is 4.91. The second kappa shape index (κ2) is 9.65. The van der Waals surface area contributed by atoms with Gasteiger partial charge in [-0.1, -0.05) is 48.9 Å². The number of hydrogen-bond acceptors (Lipinski definition) is 3. The molecule has 1 N–H and O–H groups in total. The van der Waals surface area contributed by atoms with E-state index in [1.807, 2.05) is 12.1 Å². The number of rotatable bonds is 7. The molecule has 0 unspecified atom stereocenters. The van der Waals surface area contributed by atoms with Crippen molar-refractivity contribution >= 4 is 0 Å². The van der Waals surface area contributed by atoms with Crippen molar-refractivity contribution < 1.29 is 18.3 Å². The fourth-order valence-electron chi connectivity index (χ4n) is 4.21. The predicted molar refractivity (Wildman–Crippen MR) is 116 cm³/mol. The minimum absolute atomic E-state index is 0.112. The quantitative estimate of drug-likeness (QED) is 0.584. The predicted octanol–water partition coefficient (Wildman–Crippen LogP) is 4.46. The molecule has 1 aliphatic heterocycles. The zero-order valence-electron chi connectivity index (χ0n) is 17.7. The second-order valence-electron chi connectivity index (χ2n) is 8.21. The zero-order valence-corrected chi connectivity index (χ0v) is 17.7. The van der Waals surface area contributed by atoms with Gasteiger partial charge in [0.1, 0.15) is 5.82 Å². The molecule has 0 atom stereocenters. The Kier molecular flexibility index (Phi) is 6.69. The maximum atomic E-state index is 15.2. The first-order valence-corrected chi connectivity index (χ1v) is 10.8. The third-order valence-corrected chi connectivity index (χ3v) is 5.88. The minimum Gasteiger partial charge on any atom is -0.493 e. The molecule has 0 radical (unpaired) electrons. The van der Waals surface area contributed by atoms with Crippen molar-refractivity contribution in [3.05, 3.63) is 76.1 Å². The summed E-state index contributed by atoms with van der Waals surface area (Å²) in [5, 5.41) is 9.77. The van der Waals surface area contributed by atoms with Crippen LogP contribution < -0.4 is 5.69 Å². The number of piperidine rings is 1. The lowest BCUT2D eigenvalue weighted by Gasteiger charge is -2.26. The van der Waals surface area contributed by atoms with Gasteiger partial charge in [0.15, 0.2) is 0 Å². The fourth-order valence-corrected chi connectivity index (χ4v) is 4.21. The number of hydrogen-bond donors (Lipinski definition) is 1. The Morgan fingerprint density at radius 3 is 2.38 bits per heavy atom. The van der Waals surface area contributed by atoms with E-state index in [4.69, 9.17) is 0 Å². The Labute approximate surface area is 184 Å². The van der Waals surface area contributed by atoms with Gasteiger partial charge >= 0.3 is 5.69 Å². The number of likely N-dealkylation sites (tertiary alicyclic amines) is 1. The second-order valence-corrected chi connectivity index (χ2v) is 8.21. The summed E-state index contributed by atoms with van der Waals surface area (Å²) in [5.41, 5.74) is 1.94. The van der Waals surface area contributed by atoms with E-state index in [1.54, 1.807) is 30.3 Å². The normalized spacial score (nSPS) is 14.9. The average molecular weight is 445 g/mol. The van der Waals surface area contributed by atoms with Gasteiger partial charge in [0.2, 0.25) is 5.88 Å². The zero-order chi connectivity index (χ0) is 22.7. The fraction of sp³-hybridized carbons (Fsp3) is 0.375. The highest BCUT2D eigenvalue weighted by molar-refractivity contribution is 5.65. The van der Waals surface area contributed by atoms with Gasteiger partial charge in [-0.05, 0) is 37.1 Å². The highest BCUT2D eigenvalue weighted by atomic mass is 19.3. The number of halogens is 3. The first-order chi connectivity index (χ1) is 15.4. The summed E-state index contributed by atoms with van der Waals surface area (Å²) < 4.78 is 42.2. The topological polar surface area (TPSA) is 50.4 Å². The molecule has 0 amide bonds. The van der Waals surface area contributed by atoms with Crippen molar-refractivity contribution in [1.82, 2.24) is 14.0 Å². The molecule has 1 aromatic heterocycles. The summed E-state index contributed by atoms with van der Waals surface area (Å²) in [6, 6.07) is 12.5. The molecule has 32 heavy (non-hydrogen) atoms. The Morgan fingerprint density at radius 2 is 1.69 bits per heavy atom. The molecule has 1 fully saturated rings. The molecule has 4 rings (SSSR count). The molecule has 5 nitrogen and oxygen atoms in total. The van der Waals surface area contributed by atoms with Crippen LogP contribution in [0.15, 0.2) is 53.5 Å². The van der Waals surface area contributed by atoms with E-state index < -0.39 is 24.5 Å². The van der Waals surface area contributed by atoms with Gasteiger partial charge in [-0.3, -0.25) is 14.0 Å². The standard InChI is InChI=1S/C24H26F3N3O2/c25-21(26)15-30-22(31)16-29(24(30)32)13-17-7-9-18(10-8-17)20-6-4-5-19(23(20)27)14-28-11-2-1-3-12-28/h4-10,16,21,31H,1-3,11-15H2. The lowest BCUT2D eigenvalue weighted by Crippen LogP contribution is -2.29. The van der Waals surface area contributed by atoms with E-state index in [0.29, 0.717) is 22.2 Å². The van der Waals surface area contributed by atoms with Crippen LogP contribution in [-0.4, -0.2) is 38.7 Å². The first-order valence-electron chi connectivity index (χ1n) is 10.8. The van der Waals surface area contributed by atoms with Crippen LogP contribution in [0.2, 0.25) is 0 Å². The summed E-state index contributed by atoms with van der Waals surface area (Å²) in [4.78, 5) is 14.5. The molecule has 8 heteroatoms. The van der Waals surface area contributed by atoms with Crippen LogP contribution in [0.1, 0.15) is 30.4 Å². The summed E-state index contributed by atoms with van der Waals surface area (Å²) >= 11 is 0. The lowest BCUT2D eigenvalue weighted by atomic mass is 10.00. The van der Waals surface area contributed by atoms with Crippen molar-refractivity contribution in [3.63, 3.8) is 0 Å². The van der Waals surface area contributed by atoms with E-state index >= 15 is 4.39 Å². The van der Waals surface area contributed by atoms with Gasteiger partial charge < -0.3 is 5.11 Å². The summed E-state index contributed by atoms with van der Waals surface area (Å²) in [7, 11) is 0. The van der Waals surface area contributed by atoms with Crippen molar-refractivity contribution in [2.75, 3.05) is 13.1 Å². The lowest BCUT2D eigenvalue weighted by molar-refractivity contribution is 0.121. The number of imidazole rings is 1.